The van der Waals surface area contributed by atoms with Gasteiger partial charge in [0.25, 0.3) is 0 Å². The van der Waals surface area contributed by atoms with E-state index in [9.17, 15) is 14.4 Å². The van der Waals surface area contributed by atoms with Gasteiger partial charge < -0.3 is 10.0 Å². The molecule has 1 aliphatic heterocycles. The lowest BCUT2D eigenvalue weighted by molar-refractivity contribution is -0.140. The molecular weight excluding hydrogens is 242 g/mol. The molecule has 0 bridgehead atoms. The summed E-state index contributed by atoms with van der Waals surface area (Å²) in [6.45, 7) is 0.0225. The van der Waals surface area contributed by atoms with Crippen molar-refractivity contribution < 1.29 is 19.5 Å². The molecule has 0 spiro atoms. The van der Waals surface area contributed by atoms with Gasteiger partial charge >= 0.3 is 5.97 Å². The maximum absolute atomic E-state index is 11.6. The molecule has 1 saturated heterocycles. The number of hydrogen-bond donors (Lipinski definition) is 1. The van der Waals surface area contributed by atoms with E-state index in [0.717, 1.165) is 4.88 Å². The minimum Gasteiger partial charge on any atom is -0.481 e. The summed E-state index contributed by atoms with van der Waals surface area (Å²) in [5.41, 5.74) is 0. The van der Waals surface area contributed by atoms with Crippen molar-refractivity contribution in [3.05, 3.63) is 22.4 Å². The maximum Gasteiger partial charge on any atom is 0.305 e. The van der Waals surface area contributed by atoms with E-state index >= 15 is 0 Å². The quantitative estimate of drug-likeness (QED) is 0.814. The van der Waals surface area contributed by atoms with Gasteiger partial charge in [-0.05, 0) is 11.4 Å². The molecule has 2 heterocycles. The molecule has 1 aromatic rings. The van der Waals surface area contributed by atoms with E-state index in [0.29, 0.717) is 0 Å². The molecule has 1 amide bonds. The number of carbonyl (C=O) groups is 3. The number of amides is 1. The van der Waals surface area contributed by atoms with E-state index in [4.69, 9.17) is 5.11 Å². The zero-order valence-corrected chi connectivity index (χ0v) is 9.77. The van der Waals surface area contributed by atoms with Gasteiger partial charge in [-0.1, -0.05) is 6.07 Å². The van der Waals surface area contributed by atoms with Crippen molar-refractivity contribution in [1.82, 2.24) is 4.90 Å². The summed E-state index contributed by atoms with van der Waals surface area (Å²) in [6, 6.07) is 3.07. The van der Waals surface area contributed by atoms with Crippen molar-refractivity contribution >= 4 is 29.0 Å². The highest BCUT2D eigenvalue weighted by molar-refractivity contribution is 7.10. The predicted molar refractivity (Wildman–Crippen MR) is 60.6 cm³/mol. The van der Waals surface area contributed by atoms with Gasteiger partial charge in [-0.25, -0.2) is 0 Å². The number of rotatable bonds is 4. The van der Waals surface area contributed by atoms with E-state index in [1.807, 2.05) is 5.38 Å². The summed E-state index contributed by atoms with van der Waals surface area (Å²) < 4.78 is 0. The standard InChI is InChI=1S/C11H11NO4S/c13-7-4-10(14)12(6-7)8(5-11(15)16)9-2-1-3-17-9/h1-3,8H,4-6H2,(H,15,16). The average molecular weight is 253 g/mol. The van der Waals surface area contributed by atoms with Crippen LogP contribution < -0.4 is 0 Å². The fraction of sp³-hybridized carbons (Fsp3) is 0.364. The highest BCUT2D eigenvalue weighted by atomic mass is 32.1. The normalized spacial score (nSPS) is 17.5. The number of aliphatic carboxylic acids is 1. The lowest BCUT2D eigenvalue weighted by Crippen LogP contribution is -2.31. The topological polar surface area (TPSA) is 74.7 Å². The molecule has 1 unspecified atom stereocenters. The second-order valence-corrected chi connectivity index (χ2v) is 4.85. The van der Waals surface area contributed by atoms with Gasteiger partial charge in [0.15, 0.2) is 5.78 Å². The van der Waals surface area contributed by atoms with E-state index in [1.165, 1.54) is 16.2 Å². The Morgan fingerprint density at radius 3 is 2.76 bits per heavy atom. The second-order valence-electron chi connectivity index (χ2n) is 3.87. The van der Waals surface area contributed by atoms with Crippen LogP contribution in [0.1, 0.15) is 23.8 Å². The number of carboxylic acid groups (broad SMARTS) is 1. The smallest absolute Gasteiger partial charge is 0.305 e. The average Bonchev–Trinajstić information content (AvgIpc) is 2.84. The molecule has 0 aromatic carbocycles. The Morgan fingerprint density at radius 1 is 1.53 bits per heavy atom. The fourth-order valence-corrected chi connectivity index (χ4v) is 2.74. The number of hydrogen-bond acceptors (Lipinski definition) is 4. The van der Waals surface area contributed by atoms with Gasteiger partial charge in [-0.15, -0.1) is 11.3 Å². The van der Waals surface area contributed by atoms with E-state index in [1.54, 1.807) is 12.1 Å². The minimum atomic E-state index is -0.976. The van der Waals surface area contributed by atoms with Gasteiger partial charge in [-0.2, -0.15) is 0 Å². The van der Waals surface area contributed by atoms with Gasteiger partial charge in [-0.3, -0.25) is 14.4 Å². The summed E-state index contributed by atoms with van der Waals surface area (Å²) in [5, 5.41) is 10.7. The van der Waals surface area contributed by atoms with Gasteiger partial charge in [0, 0.05) is 4.88 Å². The lowest BCUT2D eigenvalue weighted by Gasteiger charge is -2.24. The molecule has 1 aromatic heterocycles. The Hall–Kier alpha value is -1.69. The van der Waals surface area contributed by atoms with Crippen LogP contribution in [0, 0.1) is 0 Å². The summed E-state index contributed by atoms with van der Waals surface area (Å²) in [5.74, 6) is -1.41. The van der Waals surface area contributed by atoms with Gasteiger partial charge in [0.05, 0.1) is 25.4 Å². The molecule has 90 valence electrons. The van der Waals surface area contributed by atoms with Crippen LogP contribution in [0.25, 0.3) is 0 Å². The number of carbonyl (C=O) groups excluding carboxylic acids is 2. The van der Waals surface area contributed by atoms with Crippen LogP contribution in [0.15, 0.2) is 17.5 Å². The van der Waals surface area contributed by atoms with Crippen LogP contribution in [-0.2, 0) is 14.4 Å². The number of nitrogens with zero attached hydrogens (tertiary/aromatic N) is 1. The highest BCUT2D eigenvalue weighted by Crippen LogP contribution is 2.30. The Labute approximate surface area is 102 Å². The first kappa shape index (κ1) is 11.8. The zero-order chi connectivity index (χ0) is 12.4. The summed E-state index contributed by atoms with van der Waals surface area (Å²) in [7, 11) is 0. The third kappa shape index (κ3) is 2.52. The van der Waals surface area contributed by atoms with E-state index in [2.05, 4.69) is 0 Å². The minimum absolute atomic E-state index is 0.0225. The molecule has 0 aliphatic carbocycles. The van der Waals surface area contributed by atoms with Crippen molar-refractivity contribution in [3.8, 4) is 0 Å². The van der Waals surface area contributed by atoms with E-state index in [-0.39, 0.29) is 31.1 Å². The van der Waals surface area contributed by atoms with Crippen molar-refractivity contribution in [3.63, 3.8) is 0 Å². The summed E-state index contributed by atoms with van der Waals surface area (Å²) in [4.78, 5) is 35.8. The Balaban J connectivity index is 2.24. The number of thiophene rings is 1. The third-order valence-corrected chi connectivity index (χ3v) is 3.60. The molecule has 0 radical (unpaired) electrons. The molecule has 1 fully saturated rings. The van der Waals surface area contributed by atoms with Crippen LogP contribution >= 0.6 is 11.3 Å². The number of likely N-dealkylation sites (tertiary alicyclic amines) is 1. The Morgan fingerprint density at radius 2 is 2.29 bits per heavy atom. The number of Topliss-reactive ketones (excluding diaryl/α,β-unsaturated/α-hetero) is 1. The van der Waals surface area contributed by atoms with Crippen LogP contribution in [0.4, 0.5) is 0 Å². The molecule has 6 heteroatoms. The van der Waals surface area contributed by atoms with Gasteiger partial charge in [0.2, 0.25) is 5.91 Å². The SMILES string of the molecule is O=C(O)CC(c1cccs1)N1CC(=O)CC1=O. The Bertz CT molecular complexity index is 454. The molecule has 1 N–H and O–H groups in total. The molecule has 17 heavy (non-hydrogen) atoms. The summed E-state index contributed by atoms with van der Waals surface area (Å²) >= 11 is 1.39. The fourth-order valence-electron chi connectivity index (χ4n) is 1.90. The highest BCUT2D eigenvalue weighted by Gasteiger charge is 2.35. The zero-order valence-electron chi connectivity index (χ0n) is 8.96. The monoisotopic (exact) mass is 253 g/mol. The second kappa shape index (κ2) is 4.67. The summed E-state index contributed by atoms with van der Waals surface area (Å²) in [6.07, 6.45) is -0.277. The Kier molecular flexibility index (Phi) is 3.23. The first-order valence-electron chi connectivity index (χ1n) is 5.14. The van der Waals surface area contributed by atoms with Crippen molar-refractivity contribution in [2.75, 3.05) is 6.54 Å². The molecule has 0 saturated carbocycles. The lowest BCUT2D eigenvalue weighted by atomic mass is 10.1. The number of ketones is 1. The molecular formula is C11H11NO4S. The van der Waals surface area contributed by atoms with Crippen molar-refractivity contribution in [2.45, 2.75) is 18.9 Å². The maximum atomic E-state index is 11.6. The van der Waals surface area contributed by atoms with Crippen LogP contribution in [-0.4, -0.2) is 34.2 Å². The van der Waals surface area contributed by atoms with Crippen LogP contribution in [0.5, 0.6) is 0 Å². The van der Waals surface area contributed by atoms with Crippen molar-refractivity contribution in [2.24, 2.45) is 0 Å². The third-order valence-electron chi connectivity index (χ3n) is 2.63. The molecule has 5 nitrogen and oxygen atoms in total. The van der Waals surface area contributed by atoms with Gasteiger partial charge in [0.1, 0.15) is 0 Å². The van der Waals surface area contributed by atoms with E-state index < -0.39 is 12.0 Å². The first-order chi connectivity index (χ1) is 8.08. The first-order valence-corrected chi connectivity index (χ1v) is 6.02. The predicted octanol–water partition coefficient (Wildman–Crippen LogP) is 1.07. The van der Waals surface area contributed by atoms with Crippen LogP contribution in [0.3, 0.4) is 0 Å². The number of carboxylic acids is 1. The van der Waals surface area contributed by atoms with Crippen LogP contribution in [0.2, 0.25) is 0 Å². The molecule has 1 atom stereocenters. The van der Waals surface area contributed by atoms with Crippen molar-refractivity contribution in [1.29, 1.82) is 0 Å². The molecule has 1 aliphatic rings. The largest absolute Gasteiger partial charge is 0.481 e. The molecule has 2 rings (SSSR count).